The minimum absolute atomic E-state index is 0.112. The Labute approximate surface area is 244 Å². The molecule has 9 nitrogen and oxygen atoms in total. The number of ether oxygens (including phenoxy) is 1. The van der Waals surface area contributed by atoms with Gasteiger partial charge in [-0.3, -0.25) is 19.4 Å². The van der Waals surface area contributed by atoms with E-state index in [1.54, 1.807) is 29.3 Å². The molecule has 3 aliphatic rings. The lowest BCUT2D eigenvalue weighted by Crippen LogP contribution is -2.51. The van der Waals surface area contributed by atoms with Crippen LogP contribution in [0.4, 0.5) is 11.4 Å². The highest BCUT2D eigenvalue weighted by atomic mass is 35.5. The van der Waals surface area contributed by atoms with Crippen molar-refractivity contribution in [2.75, 3.05) is 36.4 Å². The number of piperazine rings is 1. The van der Waals surface area contributed by atoms with E-state index in [0.717, 1.165) is 22.2 Å². The van der Waals surface area contributed by atoms with Crippen molar-refractivity contribution in [3.63, 3.8) is 0 Å². The highest BCUT2D eigenvalue weighted by molar-refractivity contribution is 8.15. The molecule has 0 radical (unpaired) electrons. The fourth-order valence-electron chi connectivity index (χ4n) is 5.16. The summed E-state index contributed by atoms with van der Waals surface area (Å²) in [6.45, 7) is 2.40. The van der Waals surface area contributed by atoms with Crippen molar-refractivity contribution in [2.45, 2.75) is 30.6 Å². The number of nitrogens with one attached hydrogen (secondary N) is 1. The number of aromatic nitrogens is 1. The van der Waals surface area contributed by atoms with Crippen molar-refractivity contribution in [3.05, 3.63) is 64.3 Å². The number of amidine groups is 1. The van der Waals surface area contributed by atoms with Gasteiger partial charge in [0.05, 0.1) is 26.5 Å². The lowest BCUT2D eigenvalue weighted by molar-refractivity contribution is -0.153. The van der Waals surface area contributed by atoms with Crippen molar-refractivity contribution in [3.8, 4) is 0 Å². The molecule has 2 saturated heterocycles. The second kappa shape index (κ2) is 11.3. The van der Waals surface area contributed by atoms with E-state index in [4.69, 9.17) is 27.9 Å². The fourth-order valence-corrected chi connectivity index (χ4v) is 6.65. The molecule has 1 aromatic heterocycles. The average molecular weight is 599 g/mol. The first-order chi connectivity index (χ1) is 19.4. The SMILES string of the molecule is O=C1CC[C@@H](C(=O)N2CCN(c3ccnc4ccc(CC5SC(Nc6c(Cl)cccc6Cl)=NC5=O)cc34)CC2)O1. The minimum atomic E-state index is -0.652. The molecule has 0 aliphatic carbocycles. The number of carbonyl (C=O) groups excluding carboxylic acids is 3. The van der Waals surface area contributed by atoms with Crippen LogP contribution in [0, 0.1) is 0 Å². The van der Waals surface area contributed by atoms with Crippen LogP contribution in [0.3, 0.4) is 0 Å². The molecular weight excluding hydrogens is 573 g/mol. The summed E-state index contributed by atoms with van der Waals surface area (Å²) >= 11 is 13.9. The number of nitrogens with zero attached hydrogens (tertiary/aromatic N) is 4. The number of carbonyl (C=O) groups is 3. The molecule has 1 N–H and O–H groups in total. The Kier molecular flexibility index (Phi) is 7.57. The highest BCUT2D eigenvalue weighted by Gasteiger charge is 2.34. The number of amides is 2. The maximum absolute atomic E-state index is 12.8. The van der Waals surface area contributed by atoms with E-state index in [9.17, 15) is 14.4 Å². The maximum Gasteiger partial charge on any atom is 0.306 e. The highest BCUT2D eigenvalue weighted by Crippen LogP contribution is 2.34. The number of benzene rings is 2. The quantitative estimate of drug-likeness (QED) is 0.427. The molecule has 2 amide bonds. The van der Waals surface area contributed by atoms with Crippen LogP contribution in [-0.4, -0.2) is 70.4 Å². The lowest BCUT2D eigenvalue weighted by atomic mass is 10.0. The number of hydrogen-bond donors (Lipinski definition) is 1. The van der Waals surface area contributed by atoms with Gasteiger partial charge >= 0.3 is 5.97 Å². The standard InChI is InChI=1S/C28H25Cl2N5O4S/c29-18-2-1-3-19(30)25(18)32-28-33-26(37)23(40-28)15-16-4-5-20-17(14-16)21(8-9-31-20)34-10-12-35(13-11-34)27(38)22-6-7-24(36)39-22/h1-5,8-9,14,22-23H,6-7,10-13,15H2,(H,32,33,37)/t22-,23?/m0/s1. The molecule has 2 fully saturated rings. The molecule has 206 valence electrons. The predicted octanol–water partition coefficient (Wildman–Crippen LogP) is 4.55. The van der Waals surface area contributed by atoms with Crippen LogP contribution in [-0.2, 0) is 25.5 Å². The first-order valence-electron chi connectivity index (χ1n) is 13.0. The number of halogens is 2. The van der Waals surface area contributed by atoms with Gasteiger partial charge in [-0.2, -0.15) is 4.99 Å². The van der Waals surface area contributed by atoms with Crippen molar-refractivity contribution in [2.24, 2.45) is 4.99 Å². The Hall–Kier alpha value is -3.34. The molecule has 0 bridgehead atoms. The van der Waals surface area contributed by atoms with Crippen LogP contribution < -0.4 is 10.2 Å². The zero-order chi connectivity index (χ0) is 27.8. The van der Waals surface area contributed by atoms with Crippen LogP contribution in [0.15, 0.2) is 53.7 Å². The Balaban J connectivity index is 1.13. The van der Waals surface area contributed by atoms with Gasteiger partial charge in [-0.25, -0.2) is 0 Å². The van der Waals surface area contributed by atoms with E-state index >= 15 is 0 Å². The summed E-state index contributed by atoms with van der Waals surface area (Å²) in [7, 11) is 0. The van der Waals surface area contributed by atoms with Gasteiger partial charge in [-0.1, -0.05) is 47.1 Å². The van der Waals surface area contributed by atoms with Crippen molar-refractivity contribution < 1.29 is 19.1 Å². The molecule has 0 saturated carbocycles. The summed E-state index contributed by atoms with van der Waals surface area (Å²) in [4.78, 5) is 49.7. The number of anilines is 2. The summed E-state index contributed by atoms with van der Waals surface area (Å²) < 4.78 is 5.17. The van der Waals surface area contributed by atoms with Crippen LogP contribution in [0.5, 0.6) is 0 Å². The van der Waals surface area contributed by atoms with Gasteiger partial charge in [0.15, 0.2) is 11.3 Å². The summed E-state index contributed by atoms with van der Waals surface area (Å²) in [5.74, 6) is -0.632. The van der Waals surface area contributed by atoms with Gasteiger partial charge in [-0.15, -0.1) is 0 Å². The zero-order valence-corrected chi connectivity index (χ0v) is 23.6. The molecule has 1 unspecified atom stereocenters. The van der Waals surface area contributed by atoms with Gasteiger partial charge < -0.3 is 19.9 Å². The summed E-state index contributed by atoms with van der Waals surface area (Å²) in [5.41, 5.74) is 3.41. The number of rotatable bonds is 5. The number of para-hydroxylation sites is 1. The average Bonchev–Trinajstić information content (AvgIpc) is 3.54. The molecule has 0 spiro atoms. The molecule has 40 heavy (non-hydrogen) atoms. The third kappa shape index (κ3) is 5.48. The Morgan fingerprint density at radius 1 is 1.07 bits per heavy atom. The van der Waals surface area contributed by atoms with Crippen LogP contribution in [0.1, 0.15) is 18.4 Å². The van der Waals surface area contributed by atoms with Gasteiger partial charge in [0.1, 0.15) is 0 Å². The molecular formula is C28H25Cl2N5O4S. The maximum atomic E-state index is 12.8. The molecule has 3 aromatic rings. The first-order valence-corrected chi connectivity index (χ1v) is 14.6. The third-order valence-corrected chi connectivity index (χ3v) is 8.93. The van der Waals surface area contributed by atoms with E-state index in [1.165, 1.54) is 11.8 Å². The molecule has 3 aliphatic heterocycles. The fraction of sp³-hybridized carbons (Fsp3) is 0.321. The van der Waals surface area contributed by atoms with Crippen molar-refractivity contribution in [1.82, 2.24) is 9.88 Å². The number of hydrogen-bond acceptors (Lipinski definition) is 8. The van der Waals surface area contributed by atoms with Crippen LogP contribution >= 0.6 is 35.0 Å². The lowest BCUT2D eigenvalue weighted by Gasteiger charge is -2.37. The van der Waals surface area contributed by atoms with E-state index < -0.39 is 6.10 Å². The van der Waals surface area contributed by atoms with E-state index in [2.05, 4.69) is 26.3 Å². The molecule has 2 atom stereocenters. The van der Waals surface area contributed by atoms with E-state index in [0.29, 0.717) is 66.3 Å². The van der Waals surface area contributed by atoms with Gasteiger partial charge in [-0.05, 0) is 42.3 Å². The smallest absolute Gasteiger partial charge is 0.306 e. The van der Waals surface area contributed by atoms with Gasteiger partial charge in [0, 0.05) is 56.3 Å². The summed E-state index contributed by atoms with van der Waals surface area (Å²) in [5, 5.41) is 5.08. The minimum Gasteiger partial charge on any atom is -0.452 e. The first kappa shape index (κ1) is 26.9. The second-order valence-corrected chi connectivity index (χ2v) is 11.8. The number of esters is 1. The largest absolute Gasteiger partial charge is 0.452 e. The van der Waals surface area contributed by atoms with Gasteiger partial charge in [0.2, 0.25) is 0 Å². The monoisotopic (exact) mass is 597 g/mol. The van der Waals surface area contributed by atoms with Gasteiger partial charge in [0.25, 0.3) is 11.8 Å². The van der Waals surface area contributed by atoms with Crippen molar-refractivity contribution >= 4 is 80.2 Å². The normalized spacial score (nSPS) is 21.1. The summed E-state index contributed by atoms with van der Waals surface area (Å²) in [6, 6.07) is 13.2. The Bertz CT molecular complexity index is 1520. The number of thioether (sulfide) groups is 1. The van der Waals surface area contributed by atoms with E-state index in [1.807, 2.05) is 18.2 Å². The predicted molar refractivity (Wildman–Crippen MR) is 157 cm³/mol. The molecule has 12 heteroatoms. The van der Waals surface area contributed by atoms with Crippen molar-refractivity contribution in [1.29, 1.82) is 0 Å². The molecule has 2 aromatic carbocycles. The number of cyclic esters (lactones) is 1. The number of aliphatic imine (C=N–C) groups is 1. The van der Waals surface area contributed by atoms with E-state index in [-0.39, 0.29) is 23.0 Å². The second-order valence-electron chi connectivity index (χ2n) is 9.80. The molecule has 6 rings (SSSR count). The van der Waals surface area contributed by atoms with Crippen LogP contribution in [0.25, 0.3) is 10.9 Å². The topological polar surface area (TPSA) is 104 Å². The van der Waals surface area contributed by atoms with Crippen LogP contribution in [0.2, 0.25) is 10.0 Å². The Morgan fingerprint density at radius 3 is 2.58 bits per heavy atom. The molecule has 4 heterocycles. The zero-order valence-electron chi connectivity index (χ0n) is 21.3. The summed E-state index contributed by atoms with van der Waals surface area (Å²) in [6.07, 6.45) is 2.39. The Morgan fingerprint density at radius 2 is 1.85 bits per heavy atom. The number of pyridine rings is 1. The number of fused-ring (bicyclic) bond motifs is 1. The third-order valence-electron chi connectivity index (χ3n) is 7.23.